The SMILES string of the molecule is CCn1nc(C(C)C)cc1C(=O)N(CC=Cc1ccccc1)CCO. The number of aliphatic hydroxyl groups excluding tert-OH is 1. The van der Waals surface area contributed by atoms with Crippen molar-refractivity contribution in [2.45, 2.75) is 33.2 Å². The second-order valence-electron chi connectivity index (χ2n) is 6.21. The summed E-state index contributed by atoms with van der Waals surface area (Å²) >= 11 is 0. The zero-order chi connectivity index (χ0) is 18.2. The standard InChI is InChI=1S/C20H27N3O2/c1-4-23-19(15-18(21-23)16(2)3)20(25)22(13-14-24)12-8-11-17-9-6-5-7-10-17/h5-11,15-16,24H,4,12-14H2,1-3H3. The summed E-state index contributed by atoms with van der Waals surface area (Å²) in [5.41, 5.74) is 2.57. The highest BCUT2D eigenvalue weighted by atomic mass is 16.3. The molecule has 0 bridgehead atoms. The average molecular weight is 341 g/mol. The normalized spacial score (nSPS) is 11.4. The van der Waals surface area contributed by atoms with Crippen molar-refractivity contribution in [2.24, 2.45) is 0 Å². The second-order valence-corrected chi connectivity index (χ2v) is 6.21. The maximum atomic E-state index is 12.9. The van der Waals surface area contributed by atoms with Crippen molar-refractivity contribution in [3.05, 3.63) is 59.4 Å². The van der Waals surface area contributed by atoms with Crippen LogP contribution in [0.4, 0.5) is 0 Å². The smallest absolute Gasteiger partial charge is 0.272 e. The fourth-order valence-electron chi connectivity index (χ4n) is 2.57. The maximum absolute atomic E-state index is 12.9. The molecule has 0 spiro atoms. The van der Waals surface area contributed by atoms with Crippen LogP contribution in [0.2, 0.25) is 0 Å². The van der Waals surface area contributed by atoms with Crippen LogP contribution < -0.4 is 0 Å². The van der Waals surface area contributed by atoms with Gasteiger partial charge in [-0.2, -0.15) is 5.10 Å². The van der Waals surface area contributed by atoms with Crippen molar-refractivity contribution in [2.75, 3.05) is 19.7 Å². The van der Waals surface area contributed by atoms with Crippen molar-refractivity contribution in [3.8, 4) is 0 Å². The topological polar surface area (TPSA) is 58.4 Å². The number of aryl methyl sites for hydroxylation is 1. The van der Waals surface area contributed by atoms with Gasteiger partial charge in [0.05, 0.1) is 12.3 Å². The van der Waals surface area contributed by atoms with Gasteiger partial charge in [0, 0.05) is 19.6 Å². The third kappa shape index (κ3) is 5.03. The molecular formula is C20H27N3O2. The third-order valence-corrected chi connectivity index (χ3v) is 4.00. The minimum atomic E-state index is -0.104. The van der Waals surface area contributed by atoms with Gasteiger partial charge >= 0.3 is 0 Å². The molecule has 1 heterocycles. The first-order valence-electron chi connectivity index (χ1n) is 8.76. The molecule has 0 radical (unpaired) electrons. The second kappa shape index (κ2) is 9.18. The van der Waals surface area contributed by atoms with E-state index in [1.165, 1.54) is 0 Å². The molecule has 2 rings (SSSR count). The summed E-state index contributed by atoms with van der Waals surface area (Å²) in [4.78, 5) is 14.6. The molecule has 5 nitrogen and oxygen atoms in total. The number of carbonyl (C=O) groups is 1. The Labute approximate surface area is 149 Å². The van der Waals surface area contributed by atoms with Crippen LogP contribution >= 0.6 is 0 Å². The molecule has 134 valence electrons. The summed E-state index contributed by atoms with van der Waals surface area (Å²) in [5, 5.41) is 13.8. The van der Waals surface area contributed by atoms with Gasteiger partial charge in [0.25, 0.3) is 5.91 Å². The van der Waals surface area contributed by atoms with Crippen LogP contribution in [-0.2, 0) is 6.54 Å². The van der Waals surface area contributed by atoms with Gasteiger partial charge in [0.2, 0.25) is 0 Å². The molecule has 5 heteroatoms. The summed E-state index contributed by atoms with van der Waals surface area (Å²) in [5.74, 6) is 0.164. The van der Waals surface area contributed by atoms with Gasteiger partial charge in [-0.05, 0) is 24.5 Å². The fraction of sp³-hybridized carbons (Fsp3) is 0.400. The fourth-order valence-corrected chi connectivity index (χ4v) is 2.57. The highest BCUT2D eigenvalue weighted by Gasteiger charge is 2.20. The van der Waals surface area contributed by atoms with Crippen molar-refractivity contribution in [1.29, 1.82) is 0 Å². The molecule has 0 fully saturated rings. The number of rotatable bonds is 8. The van der Waals surface area contributed by atoms with Crippen LogP contribution in [0.3, 0.4) is 0 Å². The van der Waals surface area contributed by atoms with Gasteiger partial charge in [-0.25, -0.2) is 0 Å². The Balaban J connectivity index is 2.16. The van der Waals surface area contributed by atoms with E-state index < -0.39 is 0 Å². The molecule has 0 aliphatic heterocycles. The van der Waals surface area contributed by atoms with E-state index in [1.807, 2.05) is 55.5 Å². The molecule has 0 saturated heterocycles. The Bertz CT molecular complexity index is 705. The van der Waals surface area contributed by atoms with Crippen molar-refractivity contribution >= 4 is 12.0 Å². The molecule has 0 atom stereocenters. The zero-order valence-corrected chi connectivity index (χ0v) is 15.2. The van der Waals surface area contributed by atoms with Crippen molar-refractivity contribution < 1.29 is 9.90 Å². The number of carbonyl (C=O) groups excluding carboxylic acids is 1. The first-order chi connectivity index (χ1) is 12.1. The predicted molar refractivity (Wildman–Crippen MR) is 100 cm³/mol. The molecule has 25 heavy (non-hydrogen) atoms. The zero-order valence-electron chi connectivity index (χ0n) is 15.2. The minimum Gasteiger partial charge on any atom is -0.395 e. The van der Waals surface area contributed by atoms with Crippen LogP contribution in [0.15, 0.2) is 42.5 Å². The van der Waals surface area contributed by atoms with E-state index in [4.69, 9.17) is 0 Å². The lowest BCUT2D eigenvalue weighted by atomic mass is 10.1. The first-order valence-corrected chi connectivity index (χ1v) is 8.76. The van der Waals surface area contributed by atoms with Crippen LogP contribution in [0.1, 0.15) is 48.4 Å². The van der Waals surface area contributed by atoms with Gasteiger partial charge in [-0.1, -0.05) is 56.3 Å². The molecule has 0 aliphatic rings. The van der Waals surface area contributed by atoms with E-state index >= 15 is 0 Å². The summed E-state index contributed by atoms with van der Waals surface area (Å²) in [6, 6.07) is 11.8. The van der Waals surface area contributed by atoms with E-state index in [1.54, 1.807) is 9.58 Å². The number of hydrogen-bond acceptors (Lipinski definition) is 3. The predicted octanol–water partition coefficient (Wildman–Crippen LogP) is 3.17. The lowest BCUT2D eigenvalue weighted by Gasteiger charge is -2.20. The number of benzene rings is 1. The highest BCUT2D eigenvalue weighted by molar-refractivity contribution is 5.93. The van der Waals surface area contributed by atoms with Gasteiger partial charge in [0.1, 0.15) is 5.69 Å². The minimum absolute atomic E-state index is 0.0672. The van der Waals surface area contributed by atoms with Gasteiger partial charge in [-0.15, -0.1) is 0 Å². The van der Waals surface area contributed by atoms with Crippen molar-refractivity contribution in [1.82, 2.24) is 14.7 Å². The number of hydrogen-bond donors (Lipinski definition) is 1. The highest BCUT2D eigenvalue weighted by Crippen LogP contribution is 2.16. The van der Waals surface area contributed by atoms with Crippen LogP contribution in [0.5, 0.6) is 0 Å². The van der Waals surface area contributed by atoms with E-state index in [0.29, 0.717) is 25.3 Å². The Morgan fingerprint density at radius 2 is 2.04 bits per heavy atom. The Morgan fingerprint density at radius 1 is 1.32 bits per heavy atom. The molecular weight excluding hydrogens is 314 g/mol. The Morgan fingerprint density at radius 3 is 2.64 bits per heavy atom. The van der Waals surface area contributed by atoms with E-state index in [9.17, 15) is 9.90 Å². The summed E-state index contributed by atoms with van der Waals surface area (Å²) in [6.07, 6.45) is 3.92. The van der Waals surface area contributed by atoms with E-state index in [0.717, 1.165) is 11.3 Å². The number of aliphatic hydroxyl groups is 1. The summed E-state index contributed by atoms with van der Waals surface area (Å²) < 4.78 is 1.74. The molecule has 0 aliphatic carbocycles. The number of nitrogens with zero attached hydrogens (tertiary/aromatic N) is 3. The quantitative estimate of drug-likeness (QED) is 0.802. The van der Waals surface area contributed by atoms with Gasteiger partial charge in [-0.3, -0.25) is 9.48 Å². The molecule has 1 amide bonds. The molecule has 1 aromatic heterocycles. The van der Waals surface area contributed by atoms with E-state index in [2.05, 4.69) is 18.9 Å². The Kier molecular flexibility index (Phi) is 6.95. The van der Waals surface area contributed by atoms with Crippen molar-refractivity contribution in [3.63, 3.8) is 0 Å². The lowest BCUT2D eigenvalue weighted by molar-refractivity contribution is 0.0730. The summed E-state index contributed by atoms with van der Waals surface area (Å²) in [7, 11) is 0. The molecule has 2 aromatic rings. The molecule has 0 unspecified atom stereocenters. The lowest BCUT2D eigenvalue weighted by Crippen LogP contribution is -2.35. The van der Waals surface area contributed by atoms with E-state index in [-0.39, 0.29) is 18.4 Å². The largest absolute Gasteiger partial charge is 0.395 e. The first kappa shape index (κ1) is 18.9. The van der Waals surface area contributed by atoms with Crippen LogP contribution in [0.25, 0.3) is 6.08 Å². The molecule has 1 aromatic carbocycles. The van der Waals surface area contributed by atoms with Gasteiger partial charge < -0.3 is 10.0 Å². The Hall–Kier alpha value is -2.40. The van der Waals surface area contributed by atoms with Gasteiger partial charge in [0.15, 0.2) is 0 Å². The maximum Gasteiger partial charge on any atom is 0.272 e. The third-order valence-electron chi connectivity index (χ3n) is 4.00. The van der Waals surface area contributed by atoms with Crippen LogP contribution in [-0.4, -0.2) is 45.4 Å². The van der Waals surface area contributed by atoms with Crippen LogP contribution in [0, 0.1) is 0 Å². The summed E-state index contributed by atoms with van der Waals surface area (Å²) in [6.45, 7) is 7.40. The average Bonchev–Trinajstić information content (AvgIpc) is 3.06. The monoisotopic (exact) mass is 341 g/mol. The molecule has 1 N–H and O–H groups in total. The number of aromatic nitrogens is 2. The number of amides is 1. The molecule has 0 saturated carbocycles.